The molecular formula is H2F4NbO. The Hall–Kier alpha value is 0.420. The fourth-order valence-corrected chi connectivity index (χ4v) is 0. The van der Waals surface area contributed by atoms with Crippen LogP contribution in [0.1, 0.15) is 0 Å². The zero-order chi connectivity index (χ0) is 4.50. The van der Waals surface area contributed by atoms with Crippen LogP contribution in [0.2, 0.25) is 0 Å². The minimum absolute atomic E-state index is 0. The van der Waals surface area contributed by atoms with E-state index in [1.807, 2.05) is 0 Å². The van der Waals surface area contributed by atoms with Gasteiger partial charge in [0.2, 0.25) is 0 Å². The summed E-state index contributed by atoms with van der Waals surface area (Å²) in [5.74, 6) is 0. The Labute approximate surface area is 37.6 Å². The van der Waals surface area contributed by atoms with Crippen LogP contribution in [0, 0.1) is 0 Å². The van der Waals surface area contributed by atoms with Crippen LogP contribution in [0.5, 0.6) is 0 Å². The molecule has 0 fully saturated rings. The summed E-state index contributed by atoms with van der Waals surface area (Å²) in [5.41, 5.74) is 0. The predicted octanol–water partition coefficient (Wildman–Crippen LogP) is 0.854. The second kappa shape index (κ2) is 2.57. The molecule has 0 bridgehead atoms. The van der Waals surface area contributed by atoms with Crippen molar-refractivity contribution in [1.29, 1.82) is 0 Å². The normalized spacial score (nSPS) is 10.0. The number of hydrogen-bond donors (Lipinski definition) is 0. The molecule has 1 nitrogen and oxygen atoms in total. The Morgan fingerprint density at radius 3 is 0.833 bits per heavy atom. The molecule has 0 amide bonds. The van der Waals surface area contributed by atoms with Gasteiger partial charge in [0.15, 0.2) is 0 Å². The van der Waals surface area contributed by atoms with Crippen molar-refractivity contribution in [2.45, 2.75) is 0 Å². The van der Waals surface area contributed by atoms with Crippen molar-refractivity contribution in [2.24, 2.45) is 0 Å². The molecule has 0 saturated heterocycles. The zero-order valence-electron chi connectivity index (χ0n) is 2.46. The maximum absolute atomic E-state index is 9.89. The van der Waals surface area contributed by atoms with E-state index in [0.29, 0.717) is 0 Å². The molecule has 0 aliphatic rings. The number of rotatable bonds is 0. The van der Waals surface area contributed by atoms with E-state index >= 15 is 0 Å². The van der Waals surface area contributed by atoms with Gasteiger partial charge in [-0.25, -0.2) is 0 Å². The zero-order valence-corrected chi connectivity index (χ0v) is 4.66. The van der Waals surface area contributed by atoms with Crippen LogP contribution in [0.25, 0.3) is 0 Å². The van der Waals surface area contributed by atoms with E-state index in [1.54, 1.807) is 0 Å². The van der Waals surface area contributed by atoms with Gasteiger partial charge in [-0.05, 0) is 0 Å². The van der Waals surface area contributed by atoms with E-state index in [4.69, 9.17) is 0 Å². The van der Waals surface area contributed by atoms with E-state index < -0.39 is 19.3 Å². The first-order valence-electron chi connectivity index (χ1n) is 0.676. The third-order valence-electron chi connectivity index (χ3n) is 0. The minimum atomic E-state index is -7.10. The van der Waals surface area contributed by atoms with E-state index in [1.165, 1.54) is 0 Å². The maximum atomic E-state index is 9.89. The van der Waals surface area contributed by atoms with Crippen molar-refractivity contribution in [3.05, 3.63) is 0 Å². The fraction of sp³-hybridized carbons (Fsp3) is 0. The monoisotopic (exact) mass is 187 g/mol. The molecule has 0 atom stereocenters. The summed E-state index contributed by atoms with van der Waals surface area (Å²) in [6.45, 7) is 0. The van der Waals surface area contributed by atoms with E-state index in [2.05, 4.69) is 0 Å². The molecule has 6 heteroatoms. The third-order valence-corrected chi connectivity index (χ3v) is 0. The molecule has 0 heterocycles. The Bertz CT molecular complexity index is 23.0. The van der Waals surface area contributed by atoms with E-state index in [0.717, 1.165) is 0 Å². The molecule has 0 aromatic heterocycles. The molecule has 41 valence electrons. The van der Waals surface area contributed by atoms with Crippen LogP contribution in [0.15, 0.2) is 0 Å². The van der Waals surface area contributed by atoms with E-state index in [-0.39, 0.29) is 5.48 Å². The van der Waals surface area contributed by atoms with Gasteiger partial charge in [-0.1, -0.05) is 0 Å². The van der Waals surface area contributed by atoms with Crippen molar-refractivity contribution in [3.8, 4) is 0 Å². The molecule has 0 saturated carbocycles. The van der Waals surface area contributed by atoms with Gasteiger partial charge in [0.25, 0.3) is 0 Å². The fourth-order valence-electron chi connectivity index (χ4n) is 0. The molecule has 0 aromatic carbocycles. The molecule has 0 aliphatic carbocycles. The number of hydrogen-bond acceptors (Lipinski definition) is 0. The summed E-state index contributed by atoms with van der Waals surface area (Å²) in [7, 11) is 0. The molecule has 0 radical (unpaired) electrons. The Morgan fingerprint density at radius 2 is 0.833 bits per heavy atom. The second-order valence-corrected chi connectivity index (χ2v) is 2.27. The average molecular weight is 187 g/mol. The first-order valence-corrected chi connectivity index (χ1v) is 4.00. The molecular weight excluding hydrogens is 185 g/mol. The second-order valence-electron chi connectivity index (χ2n) is 0.383. The van der Waals surface area contributed by atoms with Gasteiger partial charge in [0.1, 0.15) is 0 Å². The van der Waals surface area contributed by atoms with Crippen molar-refractivity contribution < 1.29 is 36.9 Å². The summed E-state index contributed by atoms with van der Waals surface area (Å²) < 4.78 is 39.6. The Balaban J connectivity index is 0. The third kappa shape index (κ3) is 293. The average Bonchev–Trinajstić information content (AvgIpc) is 0.722. The van der Waals surface area contributed by atoms with Gasteiger partial charge in [0, 0.05) is 0 Å². The van der Waals surface area contributed by atoms with E-state index in [9.17, 15) is 12.1 Å². The Morgan fingerprint density at radius 1 is 0.833 bits per heavy atom. The van der Waals surface area contributed by atoms with Crippen LogP contribution in [0.3, 0.4) is 0 Å². The predicted molar refractivity (Wildman–Crippen MR) is 8.05 cm³/mol. The standard InChI is InChI=1S/4FH.Nb.H2O/h4*1H;;1H2/q;;;;+4;/p-4. The van der Waals surface area contributed by atoms with Crippen molar-refractivity contribution in [2.75, 3.05) is 0 Å². The molecule has 0 rings (SSSR count). The van der Waals surface area contributed by atoms with Crippen molar-refractivity contribution in [1.82, 2.24) is 0 Å². The molecule has 0 aliphatic heterocycles. The van der Waals surface area contributed by atoms with Gasteiger partial charge in [-0.2, -0.15) is 0 Å². The Kier molecular flexibility index (Phi) is 4.13. The summed E-state index contributed by atoms with van der Waals surface area (Å²) in [6, 6.07) is 0. The quantitative estimate of drug-likeness (QED) is 0.397. The van der Waals surface area contributed by atoms with Gasteiger partial charge in [0.05, 0.1) is 0 Å². The van der Waals surface area contributed by atoms with Crippen LogP contribution in [0.4, 0.5) is 12.1 Å². The number of halogens is 4. The molecule has 2 N–H and O–H groups in total. The van der Waals surface area contributed by atoms with Crippen molar-refractivity contribution in [3.63, 3.8) is 0 Å². The molecule has 0 unspecified atom stereocenters. The van der Waals surface area contributed by atoms with Crippen LogP contribution < -0.4 is 0 Å². The van der Waals surface area contributed by atoms with Crippen LogP contribution >= 0.6 is 0 Å². The van der Waals surface area contributed by atoms with Crippen molar-refractivity contribution >= 4 is 0 Å². The first kappa shape index (κ1) is 9.65. The SMILES string of the molecule is O.[F][Nb]([F])([F])[F]. The molecule has 0 aromatic rings. The van der Waals surface area contributed by atoms with Gasteiger partial charge in [-0.15, -0.1) is 0 Å². The molecule has 6 heavy (non-hydrogen) atoms. The summed E-state index contributed by atoms with van der Waals surface area (Å²) in [4.78, 5) is 0. The van der Waals surface area contributed by atoms with Gasteiger partial charge >= 0.3 is 31.4 Å². The first-order chi connectivity index (χ1) is 2.00. The topological polar surface area (TPSA) is 31.5 Å². The summed E-state index contributed by atoms with van der Waals surface area (Å²) in [6.07, 6.45) is 0. The molecule has 0 spiro atoms. The van der Waals surface area contributed by atoms with Crippen LogP contribution in [-0.4, -0.2) is 5.48 Å². The van der Waals surface area contributed by atoms with Gasteiger partial charge < -0.3 is 5.48 Å². The summed E-state index contributed by atoms with van der Waals surface area (Å²) >= 11 is -7.10. The van der Waals surface area contributed by atoms with Gasteiger partial charge in [-0.3, -0.25) is 0 Å². The summed E-state index contributed by atoms with van der Waals surface area (Å²) in [5, 5.41) is 0. The van der Waals surface area contributed by atoms with Crippen LogP contribution in [-0.2, 0) is 19.3 Å².